The minimum Gasteiger partial charge on any atom is -0.224 e. The predicted octanol–water partition coefficient (Wildman–Crippen LogP) is 2.68. The number of rotatable bonds is 4. The number of halogens is 2. The third-order valence-electron chi connectivity index (χ3n) is 2.53. The number of sulfone groups is 1. The second-order valence-electron chi connectivity index (χ2n) is 4.64. The summed E-state index contributed by atoms with van der Waals surface area (Å²) in [5, 5.41) is 8.78. The highest BCUT2D eigenvalue weighted by Gasteiger charge is 2.25. The van der Waals surface area contributed by atoms with Gasteiger partial charge in [0.1, 0.15) is 16.5 Å². The van der Waals surface area contributed by atoms with E-state index in [4.69, 9.17) is 5.26 Å². The Labute approximate surface area is 105 Å². The molecule has 0 aliphatic heterocycles. The molecule has 0 aromatic heterocycles. The molecule has 1 aromatic carbocycles. The topological polar surface area (TPSA) is 57.9 Å². The van der Waals surface area contributed by atoms with Crippen LogP contribution in [-0.4, -0.2) is 14.2 Å². The van der Waals surface area contributed by atoms with Crippen molar-refractivity contribution >= 4 is 9.84 Å². The normalized spacial score (nSPS) is 12.2. The first kappa shape index (κ1) is 14.6. The van der Waals surface area contributed by atoms with E-state index in [9.17, 15) is 17.2 Å². The van der Waals surface area contributed by atoms with Crippen LogP contribution in [0.4, 0.5) is 8.78 Å². The highest BCUT2D eigenvalue weighted by molar-refractivity contribution is 7.91. The molecule has 6 heteroatoms. The summed E-state index contributed by atoms with van der Waals surface area (Å²) in [6.45, 7) is 3.18. The van der Waals surface area contributed by atoms with Crippen LogP contribution in [0.1, 0.15) is 20.3 Å². The van der Waals surface area contributed by atoms with Gasteiger partial charge in [0.2, 0.25) is 0 Å². The Kier molecular flexibility index (Phi) is 4.07. The third-order valence-corrected chi connectivity index (χ3v) is 4.25. The third kappa shape index (κ3) is 3.50. The number of benzene rings is 1. The lowest BCUT2D eigenvalue weighted by molar-refractivity contribution is 0.471. The molecule has 0 unspecified atom stereocenters. The maximum atomic E-state index is 13.4. The Hall–Kier alpha value is -1.48. The second kappa shape index (κ2) is 5.02. The van der Waals surface area contributed by atoms with Gasteiger partial charge in [-0.25, -0.2) is 17.2 Å². The fraction of sp³-hybridized carbons (Fsp3) is 0.417. The van der Waals surface area contributed by atoms with Gasteiger partial charge in [-0.1, -0.05) is 0 Å². The number of nitrogens with zero attached hydrogens (tertiary/aromatic N) is 1. The first-order valence-corrected chi connectivity index (χ1v) is 6.92. The molecule has 0 radical (unpaired) electrons. The van der Waals surface area contributed by atoms with E-state index in [0.29, 0.717) is 6.07 Å². The van der Waals surface area contributed by atoms with Crippen LogP contribution in [-0.2, 0) is 9.84 Å². The predicted molar refractivity (Wildman–Crippen MR) is 62.4 cm³/mol. The Morgan fingerprint density at radius 2 is 1.94 bits per heavy atom. The Balaban J connectivity index is 3.02. The molecule has 1 rings (SSSR count). The lowest BCUT2D eigenvalue weighted by Crippen LogP contribution is -2.17. The molecule has 0 saturated carbocycles. The maximum absolute atomic E-state index is 13.4. The fourth-order valence-electron chi connectivity index (χ4n) is 1.27. The summed E-state index contributed by atoms with van der Waals surface area (Å²) < 4.78 is 50.0. The molecular weight excluding hydrogens is 260 g/mol. The van der Waals surface area contributed by atoms with Gasteiger partial charge in [-0.3, -0.25) is 0 Å². The minimum absolute atomic E-state index is 0.0573. The smallest absolute Gasteiger partial charge is 0.181 e. The van der Waals surface area contributed by atoms with E-state index in [1.807, 2.05) is 6.07 Å². The minimum atomic E-state index is -3.92. The standard InChI is InChI=1S/C12H13F2NO2S/c1-12(2,8-15)5-6-18(16,17)11-7-9(13)3-4-10(11)14/h3-4,7H,5-6H2,1-2H3. The molecule has 98 valence electrons. The summed E-state index contributed by atoms with van der Waals surface area (Å²) in [6, 6.07) is 4.25. The lowest BCUT2D eigenvalue weighted by Gasteiger charge is -2.14. The molecule has 0 fully saturated rings. The number of nitriles is 1. The van der Waals surface area contributed by atoms with Crippen molar-refractivity contribution in [1.82, 2.24) is 0 Å². The molecule has 3 nitrogen and oxygen atoms in total. The molecule has 1 aromatic rings. The molecule has 0 aliphatic rings. The second-order valence-corrected chi connectivity index (χ2v) is 6.72. The van der Waals surface area contributed by atoms with E-state index in [-0.39, 0.29) is 6.42 Å². The zero-order valence-electron chi connectivity index (χ0n) is 10.1. The first-order chi connectivity index (χ1) is 8.18. The van der Waals surface area contributed by atoms with Crippen LogP contribution < -0.4 is 0 Å². The van der Waals surface area contributed by atoms with E-state index in [1.54, 1.807) is 13.8 Å². The number of hydrogen-bond acceptors (Lipinski definition) is 3. The van der Waals surface area contributed by atoms with Crippen LogP contribution in [0.2, 0.25) is 0 Å². The van der Waals surface area contributed by atoms with E-state index in [2.05, 4.69) is 0 Å². The largest absolute Gasteiger partial charge is 0.224 e. The summed E-state index contributed by atoms with van der Waals surface area (Å²) in [5.41, 5.74) is -0.823. The van der Waals surface area contributed by atoms with E-state index >= 15 is 0 Å². The molecule has 0 saturated heterocycles. The zero-order valence-corrected chi connectivity index (χ0v) is 10.9. The van der Waals surface area contributed by atoms with Crippen molar-refractivity contribution < 1.29 is 17.2 Å². The number of hydrogen-bond donors (Lipinski definition) is 0. The Morgan fingerprint density at radius 1 is 1.33 bits per heavy atom. The molecule has 0 N–H and O–H groups in total. The quantitative estimate of drug-likeness (QED) is 0.847. The van der Waals surface area contributed by atoms with Crippen LogP contribution in [0.15, 0.2) is 23.1 Å². The monoisotopic (exact) mass is 273 g/mol. The van der Waals surface area contributed by atoms with Crippen LogP contribution in [0, 0.1) is 28.4 Å². The molecule has 0 bridgehead atoms. The first-order valence-electron chi connectivity index (χ1n) is 5.27. The summed E-state index contributed by atoms with van der Waals surface area (Å²) in [4.78, 5) is -0.656. The van der Waals surface area contributed by atoms with Gasteiger partial charge in [0.05, 0.1) is 17.2 Å². The van der Waals surface area contributed by atoms with Crippen LogP contribution >= 0.6 is 0 Å². The lowest BCUT2D eigenvalue weighted by atomic mass is 9.93. The molecule has 0 amide bonds. The SMILES string of the molecule is CC(C)(C#N)CCS(=O)(=O)c1cc(F)ccc1F. The average Bonchev–Trinajstić information content (AvgIpc) is 2.30. The van der Waals surface area contributed by atoms with Gasteiger partial charge < -0.3 is 0 Å². The van der Waals surface area contributed by atoms with Gasteiger partial charge in [0, 0.05) is 0 Å². The molecular formula is C12H13F2NO2S. The summed E-state index contributed by atoms with van der Waals surface area (Å²) >= 11 is 0. The highest BCUT2D eigenvalue weighted by atomic mass is 32.2. The van der Waals surface area contributed by atoms with Crippen LogP contribution in [0.25, 0.3) is 0 Å². The van der Waals surface area contributed by atoms with Gasteiger partial charge in [0.25, 0.3) is 0 Å². The average molecular weight is 273 g/mol. The van der Waals surface area contributed by atoms with E-state index < -0.39 is 37.5 Å². The van der Waals surface area contributed by atoms with Gasteiger partial charge >= 0.3 is 0 Å². The Morgan fingerprint density at radius 3 is 2.50 bits per heavy atom. The van der Waals surface area contributed by atoms with Gasteiger partial charge in [-0.2, -0.15) is 5.26 Å². The highest BCUT2D eigenvalue weighted by Crippen LogP contribution is 2.24. The van der Waals surface area contributed by atoms with Crippen LogP contribution in [0.5, 0.6) is 0 Å². The van der Waals surface area contributed by atoms with Crippen molar-refractivity contribution in [3.8, 4) is 6.07 Å². The van der Waals surface area contributed by atoms with E-state index in [1.165, 1.54) is 0 Å². The zero-order chi connectivity index (χ0) is 14.0. The molecule has 0 spiro atoms. The van der Waals surface area contributed by atoms with Crippen molar-refractivity contribution in [3.05, 3.63) is 29.8 Å². The molecule has 0 aliphatic carbocycles. The molecule has 0 atom stereocenters. The van der Waals surface area contributed by atoms with Gasteiger partial charge in [-0.05, 0) is 38.5 Å². The Bertz CT molecular complexity index is 589. The summed E-state index contributed by atoms with van der Waals surface area (Å²) in [6.07, 6.45) is 0.0573. The van der Waals surface area contributed by atoms with Crippen molar-refractivity contribution in [1.29, 1.82) is 5.26 Å². The van der Waals surface area contributed by atoms with Gasteiger partial charge in [-0.15, -0.1) is 0 Å². The van der Waals surface area contributed by atoms with Gasteiger partial charge in [0.15, 0.2) is 9.84 Å². The molecule has 0 heterocycles. The van der Waals surface area contributed by atoms with Crippen molar-refractivity contribution in [2.75, 3.05) is 5.75 Å². The molecule has 18 heavy (non-hydrogen) atoms. The fourth-order valence-corrected chi connectivity index (χ4v) is 2.93. The van der Waals surface area contributed by atoms with Crippen molar-refractivity contribution in [2.45, 2.75) is 25.2 Å². The summed E-state index contributed by atoms with van der Waals surface area (Å²) in [7, 11) is -3.92. The maximum Gasteiger partial charge on any atom is 0.181 e. The van der Waals surface area contributed by atoms with Crippen molar-refractivity contribution in [2.24, 2.45) is 5.41 Å². The van der Waals surface area contributed by atoms with Crippen molar-refractivity contribution in [3.63, 3.8) is 0 Å². The summed E-state index contributed by atoms with van der Waals surface area (Å²) in [5.74, 6) is -2.19. The van der Waals surface area contributed by atoms with Crippen LogP contribution in [0.3, 0.4) is 0 Å². The van der Waals surface area contributed by atoms with E-state index in [0.717, 1.165) is 12.1 Å².